The molecule has 2 heterocycles. The van der Waals surface area contributed by atoms with Crippen molar-refractivity contribution in [2.24, 2.45) is 5.92 Å². The first-order valence-corrected chi connectivity index (χ1v) is 7.98. The molecule has 0 N–H and O–H groups in total. The predicted molar refractivity (Wildman–Crippen MR) is 79.8 cm³/mol. The van der Waals surface area contributed by atoms with Crippen LogP contribution in [0, 0.1) is 24.2 Å². The first kappa shape index (κ1) is 15.6. The minimum absolute atomic E-state index is 0.00839. The fourth-order valence-corrected chi connectivity index (χ4v) is 3.57. The van der Waals surface area contributed by atoms with Gasteiger partial charge in [0.15, 0.2) is 11.7 Å². The molecule has 1 saturated heterocycles. The maximum atomic E-state index is 12.8. The van der Waals surface area contributed by atoms with Crippen LogP contribution in [-0.4, -0.2) is 34.2 Å². The van der Waals surface area contributed by atoms with Crippen molar-refractivity contribution in [2.75, 3.05) is 6.54 Å². The lowest BCUT2D eigenvalue weighted by Gasteiger charge is -2.30. The number of nitrogens with zero attached hydrogens (tertiary/aromatic N) is 3. The fourth-order valence-electron chi connectivity index (χ4n) is 2.72. The molecule has 1 amide bonds. The van der Waals surface area contributed by atoms with Crippen molar-refractivity contribution in [3.05, 3.63) is 16.1 Å². The summed E-state index contributed by atoms with van der Waals surface area (Å²) in [7, 11) is 0. The second-order valence-electron chi connectivity index (χ2n) is 5.67. The monoisotopic (exact) mass is 305 g/mol. The van der Waals surface area contributed by atoms with E-state index in [1.165, 1.54) is 11.3 Å². The summed E-state index contributed by atoms with van der Waals surface area (Å²) in [5.74, 6) is -1.10. The van der Waals surface area contributed by atoms with E-state index in [1.807, 2.05) is 26.2 Å². The highest BCUT2D eigenvalue weighted by atomic mass is 32.1. The molecule has 0 aliphatic carbocycles. The number of ketones is 1. The lowest BCUT2D eigenvalue weighted by atomic mass is 9.90. The summed E-state index contributed by atoms with van der Waals surface area (Å²) < 4.78 is 0. The molecule has 21 heavy (non-hydrogen) atoms. The van der Waals surface area contributed by atoms with Crippen LogP contribution in [0.25, 0.3) is 0 Å². The molecule has 1 aliphatic rings. The first-order valence-electron chi connectivity index (χ1n) is 7.10. The van der Waals surface area contributed by atoms with E-state index in [1.54, 1.807) is 4.90 Å². The van der Waals surface area contributed by atoms with Crippen LogP contribution in [0.3, 0.4) is 0 Å². The summed E-state index contributed by atoms with van der Waals surface area (Å²) >= 11 is 1.33. The van der Waals surface area contributed by atoms with E-state index in [9.17, 15) is 14.9 Å². The predicted octanol–water partition coefficient (Wildman–Crippen LogP) is 2.27. The van der Waals surface area contributed by atoms with Gasteiger partial charge in [0, 0.05) is 24.0 Å². The van der Waals surface area contributed by atoms with E-state index in [4.69, 9.17) is 0 Å². The van der Waals surface area contributed by atoms with Crippen LogP contribution in [0.1, 0.15) is 43.3 Å². The van der Waals surface area contributed by atoms with Crippen LogP contribution in [0.15, 0.2) is 5.38 Å². The van der Waals surface area contributed by atoms with Gasteiger partial charge in [-0.2, -0.15) is 5.26 Å². The zero-order valence-corrected chi connectivity index (χ0v) is 13.3. The summed E-state index contributed by atoms with van der Waals surface area (Å²) in [4.78, 5) is 30.7. The van der Waals surface area contributed by atoms with Gasteiger partial charge in [-0.25, -0.2) is 4.98 Å². The Kier molecular flexibility index (Phi) is 4.73. The van der Waals surface area contributed by atoms with Gasteiger partial charge >= 0.3 is 0 Å². The van der Waals surface area contributed by atoms with Gasteiger partial charge in [-0.3, -0.25) is 9.59 Å². The van der Waals surface area contributed by atoms with Gasteiger partial charge in [-0.1, -0.05) is 13.8 Å². The number of likely N-dealkylation sites (tertiary alicyclic amines) is 1. The van der Waals surface area contributed by atoms with E-state index >= 15 is 0 Å². The lowest BCUT2D eigenvalue weighted by Crippen LogP contribution is -2.47. The number of carbonyl (C=O) groups is 2. The Balaban J connectivity index is 2.29. The molecule has 2 unspecified atom stereocenters. The van der Waals surface area contributed by atoms with E-state index in [-0.39, 0.29) is 17.6 Å². The van der Waals surface area contributed by atoms with Gasteiger partial charge in [-0.05, 0) is 19.3 Å². The van der Waals surface area contributed by atoms with Crippen LogP contribution in [0.5, 0.6) is 0 Å². The highest BCUT2D eigenvalue weighted by Crippen LogP contribution is 2.28. The van der Waals surface area contributed by atoms with Crippen LogP contribution < -0.4 is 0 Å². The third-order valence-electron chi connectivity index (χ3n) is 3.67. The van der Waals surface area contributed by atoms with Crippen LogP contribution in [0.4, 0.5) is 0 Å². The molecule has 112 valence electrons. The standard InChI is InChI=1S/C15H19N3O2S/c1-9(2)13(18-6-4-5-12(18)19)14(20)11(7-16)15-17-10(3)8-21-15/h8-9,11,13H,4-6H2,1-3H3. The summed E-state index contributed by atoms with van der Waals surface area (Å²) in [6.45, 7) is 6.26. The maximum absolute atomic E-state index is 12.8. The average Bonchev–Trinajstić information content (AvgIpc) is 3.01. The third kappa shape index (κ3) is 3.13. The van der Waals surface area contributed by atoms with Crippen molar-refractivity contribution in [1.82, 2.24) is 9.88 Å². The SMILES string of the molecule is Cc1csc(C(C#N)C(=O)C(C(C)C)N2CCCC2=O)n1. The number of aromatic nitrogens is 1. The molecule has 0 saturated carbocycles. The van der Waals surface area contributed by atoms with Crippen molar-refractivity contribution in [3.63, 3.8) is 0 Å². The Hall–Kier alpha value is -1.74. The molecule has 1 aliphatic heterocycles. The maximum Gasteiger partial charge on any atom is 0.223 e. The number of nitriles is 1. The molecule has 6 heteroatoms. The van der Waals surface area contributed by atoms with Crippen LogP contribution in [0.2, 0.25) is 0 Å². The lowest BCUT2D eigenvalue weighted by molar-refractivity contribution is -0.138. The molecular weight excluding hydrogens is 286 g/mol. The van der Waals surface area contributed by atoms with Crippen molar-refractivity contribution < 1.29 is 9.59 Å². The van der Waals surface area contributed by atoms with Crippen molar-refractivity contribution >= 4 is 23.0 Å². The van der Waals surface area contributed by atoms with Gasteiger partial charge in [0.25, 0.3) is 0 Å². The molecule has 2 rings (SSSR count). The van der Waals surface area contributed by atoms with Gasteiger partial charge in [0.2, 0.25) is 5.91 Å². The summed E-state index contributed by atoms with van der Waals surface area (Å²) in [5.41, 5.74) is 0.807. The van der Waals surface area contributed by atoms with Crippen molar-refractivity contribution in [3.8, 4) is 6.07 Å². The number of Topliss-reactive ketones (excluding diaryl/α,β-unsaturated/α-hetero) is 1. The normalized spacial score (nSPS) is 17.9. The van der Waals surface area contributed by atoms with Crippen molar-refractivity contribution in [2.45, 2.75) is 45.6 Å². The number of thiazole rings is 1. The molecule has 0 bridgehead atoms. The molecule has 5 nitrogen and oxygen atoms in total. The van der Waals surface area contributed by atoms with Gasteiger partial charge in [0.05, 0.1) is 12.1 Å². The van der Waals surface area contributed by atoms with E-state index in [0.717, 1.165) is 12.1 Å². The number of carbonyl (C=O) groups excluding carboxylic acids is 2. The number of aryl methyl sites for hydroxylation is 1. The second-order valence-corrected chi connectivity index (χ2v) is 6.56. The minimum atomic E-state index is -0.885. The second kappa shape index (κ2) is 6.35. The third-order valence-corrected chi connectivity index (χ3v) is 4.69. The number of hydrogen-bond donors (Lipinski definition) is 0. The molecular formula is C15H19N3O2S. The first-order chi connectivity index (χ1) is 9.95. The van der Waals surface area contributed by atoms with Gasteiger partial charge in [-0.15, -0.1) is 11.3 Å². The van der Waals surface area contributed by atoms with Crippen molar-refractivity contribution in [1.29, 1.82) is 5.26 Å². The summed E-state index contributed by atoms with van der Waals surface area (Å²) in [6, 6.07) is 1.53. The Morgan fingerprint density at radius 3 is 2.67 bits per heavy atom. The largest absolute Gasteiger partial charge is 0.332 e. The minimum Gasteiger partial charge on any atom is -0.332 e. The Bertz CT molecular complexity index is 588. The smallest absolute Gasteiger partial charge is 0.223 e. The number of amides is 1. The molecule has 0 aromatic carbocycles. The molecule has 1 aromatic rings. The average molecular weight is 305 g/mol. The molecule has 2 atom stereocenters. The van der Waals surface area contributed by atoms with E-state index < -0.39 is 12.0 Å². The fraction of sp³-hybridized carbons (Fsp3) is 0.600. The van der Waals surface area contributed by atoms with Gasteiger partial charge < -0.3 is 4.90 Å². The van der Waals surface area contributed by atoms with Crippen LogP contribution in [-0.2, 0) is 9.59 Å². The summed E-state index contributed by atoms with van der Waals surface area (Å²) in [6.07, 6.45) is 1.27. The van der Waals surface area contributed by atoms with Crippen LogP contribution >= 0.6 is 11.3 Å². The van der Waals surface area contributed by atoms with Gasteiger partial charge in [0.1, 0.15) is 5.01 Å². The topological polar surface area (TPSA) is 74.1 Å². The Morgan fingerprint density at radius 1 is 1.52 bits per heavy atom. The molecule has 1 fully saturated rings. The number of rotatable bonds is 5. The van der Waals surface area contributed by atoms with E-state index in [2.05, 4.69) is 11.1 Å². The Labute approximate surface area is 128 Å². The summed E-state index contributed by atoms with van der Waals surface area (Å²) in [5, 5.41) is 11.7. The van der Waals surface area contributed by atoms with E-state index in [0.29, 0.717) is 18.0 Å². The molecule has 0 spiro atoms. The zero-order chi connectivity index (χ0) is 15.6. The zero-order valence-electron chi connectivity index (χ0n) is 12.5. The highest BCUT2D eigenvalue weighted by molar-refractivity contribution is 7.09. The molecule has 0 radical (unpaired) electrons. The Morgan fingerprint density at radius 2 is 2.24 bits per heavy atom. The number of hydrogen-bond acceptors (Lipinski definition) is 5. The quantitative estimate of drug-likeness (QED) is 0.836. The molecule has 1 aromatic heterocycles. The highest BCUT2D eigenvalue weighted by Gasteiger charge is 2.39.